The minimum Gasteiger partial charge on any atom is -0.351 e. The van der Waals surface area contributed by atoms with E-state index in [1.807, 2.05) is 41.1 Å². The molecule has 0 aliphatic carbocycles. The first-order chi connectivity index (χ1) is 9.31. The Balaban J connectivity index is 2.03. The molecule has 0 unspecified atom stereocenters. The van der Waals surface area contributed by atoms with E-state index in [1.54, 1.807) is 0 Å². The maximum atomic E-state index is 12.0. The number of hydrogen-bond donors (Lipinski definition) is 2. The Morgan fingerprint density at radius 1 is 1.16 bits per heavy atom. The van der Waals surface area contributed by atoms with Gasteiger partial charge in [-0.15, -0.1) is 0 Å². The third-order valence-electron chi connectivity index (χ3n) is 2.92. The molecule has 4 nitrogen and oxygen atoms in total. The third kappa shape index (κ3) is 3.69. The number of amides is 1. The van der Waals surface area contributed by atoms with E-state index in [0.717, 1.165) is 6.42 Å². The summed E-state index contributed by atoms with van der Waals surface area (Å²) < 4.78 is 1.95. The molecule has 0 atom stereocenters. The molecule has 4 heteroatoms. The topological polar surface area (TPSA) is 60.0 Å². The van der Waals surface area contributed by atoms with E-state index in [0.29, 0.717) is 25.3 Å². The van der Waals surface area contributed by atoms with Gasteiger partial charge in [0.25, 0.3) is 5.91 Å². The Morgan fingerprint density at radius 2 is 1.95 bits per heavy atom. The van der Waals surface area contributed by atoms with Gasteiger partial charge in [-0.2, -0.15) is 0 Å². The highest BCUT2D eigenvalue weighted by Crippen LogP contribution is 2.07. The lowest BCUT2D eigenvalue weighted by Crippen LogP contribution is -2.28. The first kappa shape index (κ1) is 13.4. The van der Waals surface area contributed by atoms with Gasteiger partial charge in [0.15, 0.2) is 0 Å². The fourth-order valence-corrected chi connectivity index (χ4v) is 1.93. The van der Waals surface area contributed by atoms with Crippen molar-refractivity contribution in [2.45, 2.75) is 13.0 Å². The van der Waals surface area contributed by atoms with Crippen LogP contribution in [0.2, 0.25) is 0 Å². The standard InChI is InChI=1S/C15H19N3O/c16-9-5-10-17-15(19)14-8-4-11-18(14)12-13-6-2-1-3-7-13/h1-4,6-8,11H,5,9-10,12,16H2,(H,17,19). The molecule has 1 amide bonds. The first-order valence-electron chi connectivity index (χ1n) is 6.48. The van der Waals surface area contributed by atoms with E-state index in [2.05, 4.69) is 17.4 Å². The molecule has 1 aromatic carbocycles. The highest BCUT2D eigenvalue weighted by Gasteiger charge is 2.09. The van der Waals surface area contributed by atoms with Crippen LogP contribution in [0.5, 0.6) is 0 Å². The summed E-state index contributed by atoms with van der Waals surface area (Å²) in [6.07, 6.45) is 2.72. The van der Waals surface area contributed by atoms with Gasteiger partial charge in [-0.25, -0.2) is 0 Å². The first-order valence-corrected chi connectivity index (χ1v) is 6.48. The number of aromatic nitrogens is 1. The van der Waals surface area contributed by atoms with Gasteiger partial charge in [-0.1, -0.05) is 30.3 Å². The quantitative estimate of drug-likeness (QED) is 0.772. The molecule has 0 saturated heterocycles. The fourth-order valence-electron chi connectivity index (χ4n) is 1.93. The van der Waals surface area contributed by atoms with Crippen LogP contribution in [-0.2, 0) is 6.54 Å². The van der Waals surface area contributed by atoms with Crippen molar-refractivity contribution in [2.75, 3.05) is 13.1 Å². The summed E-state index contributed by atoms with van der Waals surface area (Å²) >= 11 is 0. The van der Waals surface area contributed by atoms with E-state index in [1.165, 1.54) is 5.56 Å². The highest BCUT2D eigenvalue weighted by atomic mass is 16.1. The van der Waals surface area contributed by atoms with Crippen molar-refractivity contribution < 1.29 is 4.79 Å². The smallest absolute Gasteiger partial charge is 0.267 e. The van der Waals surface area contributed by atoms with Crippen LogP contribution in [-0.4, -0.2) is 23.6 Å². The number of rotatable bonds is 6. The molecule has 3 N–H and O–H groups in total. The van der Waals surface area contributed by atoms with Crippen LogP contribution in [0.3, 0.4) is 0 Å². The van der Waals surface area contributed by atoms with Crippen molar-refractivity contribution in [2.24, 2.45) is 5.73 Å². The molecule has 0 saturated carbocycles. The maximum absolute atomic E-state index is 12.0. The summed E-state index contributed by atoms with van der Waals surface area (Å²) in [6, 6.07) is 13.8. The van der Waals surface area contributed by atoms with Crippen molar-refractivity contribution in [3.8, 4) is 0 Å². The average Bonchev–Trinajstić information content (AvgIpc) is 2.88. The molecule has 0 radical (unpaired) electrons. The number of nitrogens with two attached hydrogens (primary N) is 1. The zero-order chi connectivity index (χ0) is 13.5. The van der Waals surface area contributed by atoms with E-state index in [9.17, 15) is 4.79 Å². The van der Waals surface area contributed by atoms with Crippen molar-refractivity contribution in [1.82, 2.24) is 9.88 Å². The normalized spacial score (nSPS) is 10.4. The minimum atomic E-state index is -0.0469. The molecule has 2 rings (SSSR count). The molecule has 0 bridgehead atoms. The minimum absolute atomic E-state index is 0.0469. The Kier molecular flexibility index (Phi) is 4.75. The summed E-state index contributed by atoms with van der Waals surface area (Å²) in [5, 5.41) is 2.87. The van der Waals surface area contributed by atoms with Crippen LogP contribution in [0.15, 0.2) is 48.7 Å². The second-order valence-corrected chi connectivity index (χ2v) is 4.41. The Bertz CT molecular complexity index is 519. The average molecular weight is 257 g/mol. The van der Waals surface area contributed by atoms with Crippen LogP contribution in [0, 0.1) is 0 Å². The third-order valence-corrected chi connectivity index (χ3v) is 2.92. The Labute approximate surface area is 113 Å². The molecule has 0 spiro atoms. The van der Waals surface area contributed by atoms with Crippen LogP contribution < -0.4 is 11.1 Å². The monoisotopic (exact) mass is 257 g/mol. The summed E-state index contributed by atoms with van der Waals surface area (Å²) in [7, 11) is 0. The van der Waals surface area contributed by atoms with Crippen LogP contribution >= 0.6 is 0 Å². The van der Waals surface area contributed by atoms with E-state index in [4.69, 9.17) is 5.73 Å². The lowest BCUT2D eigenvalue weighted by atomic mass is 10.2. The highest BCUT2D eigenvalue weighted by molar-refractivity contribution is 5.92. The molecule has 0 aliphatic heterocycles. The molecule has 100 valence electrons. The second kappa shape index (κ2) is 6.75. The van der Waals surface area contributed by atoms with Gasteiger partial charge in [-0.05, 0) is 30.7 Å². The molecule has 0 fully saturated rings. The number of benzene rings is 1. The summed E-state index contributed by atoms with van der Waals surface area (Å²) in [4.78, 5) is 12.0. The van der Waals surface area contributed by atoms with Crippen molar-refractivity contribution in [3.05, 3.63) is 59.9 Å². The number of nitrogens with one attached hydrogen (secondary N) is 1. The summed E-state index contributed by atoms with van der Waals surface area (Å²) in [6.45, 7) is 1.91. The molecule has 0 aliphatic rings. The molecular weight excluding hydrogens is 238 g/mol. The van der Waals surface area contributed by atoms with E-state index < -0.39 is 0 Å². The summed E-state index contributed by atoms with van der Waals surface area (Å²) in [5.74, 6) is -0.0469. The Morgan fingerprint density at radius 3 is 2.68 bits per heavy atom. The van der Waals surface area contributed by atoms with Crippen LogP contribution in [0.1, 0.15) is 22.5 Å². The molecule has 1 aromatic heterocycles. The fraction of sp³-hybridized carbons (Fsp3) is 0.267. The van der Waals surface area contributed by atoms with Gasteiger partial charge < -0.3 is 15.6 Å². The molecular formula is C15H19N3O. The van der Waals surface area contributed by atoms with Crippen molar-refractivity contribution in [3.63, 3.8) is 0 Å². The van der Waals surface area contributed by atoms with E-state index >= 15 is 0 Å². The van der Waals surface area contributed by atoms with Crippen LogP contribution in [0.25, 0.3) is 0 Å². The lowest BCUT2D eigenvalue weighted by Gasteiger charge is -2.09. The largest absolute Gasteiger partial charge is 0.351 e. The molecule has 2 aromatic rings. The van der Waals surface area contributed by atoms with Gasteiger partial charge in [-0.3, -0.25) is 4.79 Å². The zero-order valence-electron chi connectivity index (χ0n) is 10.9. The SMILES string of the molecule is NCCCNC(=O)c1cccn1Cc1ccccc1. The predicted octanol–water partition coefficient (Wildman–Crippen LogP) is 1.61. The van der Waals surface area contributed by atoms with Gasteiger partial charge in [0, 0.05) is 19.3 Å². The van der Waals surface area contributed by atoms with Gasteiger partial charge in [0.05, 0.1) is 0 Å². The van der Waals surface area contributed by atoms with Crippen molar-refractivity contribution in [1.29, 1.82) is 0 Å². The molecule has 19 heavy (non-hydrogen) atoms. The maximum Gasteiger partial charge on any atom is 0.267 e. The van der Waals surface area contributed by atoms with Crippen LogP contribution in [0.4, 0.5) is 0 Å². The number of nitrogens with zero attached hydrogens (tertiary/aromatic N) is 1. The van der Waals surface area contributed by atoms with Gasteiger partial charge in [0.1, 0.15) is 5.69 Å². The predicted molar refractivity (Wildman–Crippen MR) is 76.0 cm³/mol. The van der Waals surface area contributed by atoms with Gasteiger partial charge in [0.2, 0.25) is 0 Å². The number of carbonyl (C=O) groups is 1. The van der Waals surface area contributed by atoms with E-state index in [-0.39, 0.29) is 5.91 Å². The summed E-state index contributed by atoms with van der Waals surface area (Å²) in [5.41, 5.74) is 7.27. The number of hydrogen-bond acceptors (Lipinski definition) is 2. The zero-order valence-corrected chi connectivity index (χ0v) is 10.9. The van der Waals surface area contributed by atoms with Crippen molar-refractivity contribution >= 4 is 5.91 Å². The molecule has 1 heterocycles. The lowest BCUT2D eigenvalue weighted by molar-refractivity contribution is 0.0944. The van der Waals surface area contributed by atoms with Gasteiger partial charge >= 0.3 is 0 Å². The Hall–Kier alpha value is -2.07. The number of carbonyl (C=O) groups excluding carboxylic acids is 1. The second-order valence-electron chi connectivity index (χ2n) is 4.41.